The number of likely N-dealkylation sites (tertiary alicyclic amines) is 1. The van der Waals surface area contributed by atoms with Crippen molar-refractivity contribution < 1.29 is 18.3 Å². The number of aliphatic hydroxyl groups is 1. The Balaban J connectivity index is 1.56. The quantitative estimate of drug-likeness (QED) is 0.404. The molecule has 1 amide bonds. The van der Waals surface area contributed by atoms with Crippen LogP contribution in [0.15, 0.2) is 80.6 Å². The Kier molecular flexibility index (Phi) is 7.19. The van der Waals surface area contributed by atoms with Gasteiger partial charge >= 0.3 is 0 Å². The summed E-state index contributed by atoms with van der Waals surface area (Å²) in [5, 5.41) is 11.3. The van der Waals surface area contributed by atoms with E-state index in [0.29, 0.717) is 29.5 Å². The molecular formula is C25H24Br2N2O4S. The van der Waals surface area contributed by atoms with Crippen molar-refractivity contribution in [2.75, 3.05) is 17.8 Å². The van der Waals surface area contributed by atoms with Crippen LogP contribution in [0.4, 0.5) is 5.69 Å². The third-order valence-corrected chi connectivity index (χ3v) is 8.48. The summed E-state index contributed by atoms with van der Waals surface area (Å²) in [6, 6.07) is 18.8. The average molecular weight is 608 g/mol. The third kappa shape index (κ3) is 5.38. The minimum atomic E-state index is -3.91. The maximum absolute atomic E-state index is 13.3. The van der Waals surface area contributed by atoms with E-state index in [1.165, 1.54) is 12.1 Å². The number of halogens is 2. The summed E-state index contributed by atoms with van der Waals surface area (Å²) in [5.41, 5.74) is 1.18. The molecule has 1 saturated heterocycles. The zero-order valence-corrected chi connectivity index (χ0v) is 22.5. The first-order valence-electron chi connectivity index (χ1n) is 10.7. The molecule has 3 aromatic carbocycles. The van der Waals surface area contributed by atoms with Crippen LogP contribution >= 0.6 is 31.9 Å². The van der Waals surface area contributed by atoms with Crippen LogP contribution < -0.4 is 4.72 Å². The number of aryl methyl sites for hydroxylation is 1. The van der Waals surface area contributed by atoms with Crippen molar-refractivity contribution in [3.05, 3.63) is 92.4 Å². The van der Waals surface area contributed by atoms with Crippen LogP contribution in [0.3, 0.4) is 0 Å². The van der Waals surface area contributed by atoms with E-state index in [4.69, 9.17) is 0 Å². The molecule has 0 radical (unpaired) electrons. The molecule has 0 aromatic heterocycles. The first kappa shape index (κ1) is 24.9. The number of rotatable bonds is 5. The van der Waals surface area contributed by atoms with Gasteiger partial charge in [-0.1, -0.05) is 40.2 Å². The summed E-state index contributed by atoms with van der Waals surface area (Å²) in [7, 11) is -3.91. The Morgan fingerprint density at radius 3 is 2.53 bits per heavy atom. The minimum absolute atomic E-state index is 0.00747. The number of nitrogens with zero attached hydrogens (tertiary/aromatic N) is 1. The summed E-state index contributed by atoms with van der Waals surface area (Å²) >= 11 is 6.77. The second-order valence-corrected chi connectivity index (χ2v) is 11.9. The van der Waals surface area contributed by atoms with Gasteiger partial charge < -0.3 is 10.0 Å². The molecule has 1 atom stereocenters. The molecule has 1 aliphatic heterocycles. The number of carbonyl (C=O) groups is 1. The molecule has 0 spiro atoms. The highest BCUT2D eigenvalue weighted by atomic mass is 79.9. The highest BCUT2D eigenvalue weighted by molar-refractivity contribution is 9.10. The monoisotopic (exact) mass is 606 g/mol. The number of piperidine rings is 1. The molecule has 6 nitrogen and oxygen atoms in total. The van der Waals surface area contributed by atoms with Crippen molar-refractivity contribution in [3.63, 3.8) is 0 Å². The van der Waals surface area contributed by atoms with Crippen LogP contribution in [-0.2, 0) is 15.6 Å². The second-order valence-electron chi connectivity index (χ2n) is 8.49. The molecule has 4 rings (SSSR count). The van der Waals surface area contributed by atoms with Crippen molar-refractivity contribution in [1.82, 2.24) is 4.90 Å². The topological polar surface area (TPSA) is 86.7 Å². The Labute approximate surface area is 216 Å². The van der Waals surface area contributed by atoms with E-state index < -0.39 is 15.6 Å². The largest absolute Gasteiger partial charge is 0.383 e. The van der Waals surface area contributed by atoms with Crippen molar-refractivity contribution >= 4 is 53.5 Å². The number of β-amino-alcohol motifs (C(OH)–C–C–N with tert-alkyl or cyclic N) is 1. The summed E-state index contributed by atoms with van der Waals surface area (Å²) < 4.78 is 30.2. The predicted molar refractivity (Wildman–Crippen MR) is 139 cm³/mol. The molecule has 1 unspecified atom stereocenters. The molecule has 2 N–H and O–H groups in total. The van der Waals surface area contributed by atoms with Crippen molar-refractivity contribution in [2.24, 2.45) is 0 Å². The van der Waals surface area contributed by atoms with E-state index in [-0.39, 0.29) is 22.9 Å². The van der Waals surface area contributed by atoms with Crippen LogP contribution in [-0.4, -0.2) is 37.4 Å². The van der Waals surface area contributed by atoms with E-state index in [2.05, 4.69) is 36.6 Å². The standard InChI is InChI=1S/C25H24Br2N2O4S/c1-17-6-11-22(27)23(14-17)28-34(32,33)21-5-2-4-18(15-21)24(30)29-13-3-12-25(31,16-29)19-7-9-20(26)10-8-19/h2,4-11,14-15,28,31H,3,12-13,16H2,1H3. The smallest absolute Gasteiger partial charge is 0.261 e. The van der Waals surface area contributed by atoms with Gasteiger partial charge in [0, 0.05) is 21.1 Å². The molecule has 9 heteroatoms. The lowest BCUT2D eigenvalue weighted by Crippen LogP contribution is -2.48. The third-order valence-electron chi connectivity index (χ3n) is 5.90. The molecule has 178 valence electrons. The fraction of sp³-hybridized carbons (Fsp3) is 0.240. The molecular weight excluding hydrogens is 584 g/mol. The molecule has 1 fully saturated rings. The zero-order valence-electron chi connectivity index (χ0n) is 18.5. The Hall–Kier alpha value is -2.20. The van der Waals surface area contributed by atoms with Gasteiger partial charge in [-0.05, 0) is 89.3 Å². The van der Waals surface area contributed by atoms with Crippen LogP contribution in [0.25, 0.3) is 0 Å². The van der Waals surface area contributed by atoms with Crippen molar-refractivity contribution in [2.45, 2.75) is 30.3 Å². The van der Waals surface area contributed by atoms with Crippen LogP contribution in [0.2, 0.25) is 0 Å². The highest BCUT2D eigenvalue weighted by Crippen LogP contribution is 2.33. The predicted octanol–water partition coefficient (Wildman–Crippen LogP) is 5.44. The molecule has 0 saturated carbocycles. The summed E-state index contributed by atoms with van der Waals surface area (Å²) in [6.45, 7) is 2.50. The maximum Gasteiger partial charge on any atom is 0.261 e. The Bertz CT molecular complexity index is 1330. The van der Waals surface area contributed by atoms with Gasteiger partial charge in [0.1, 0.15) is 5.60 Å². The van der Waals surface area contributed by atoms with E-state index in [0.717, 1.165) is 15.6 Å². The van der Waals surface area contributed by atoms with Gasteiger partial charge in [-0.15, -0.1) is 0 Å². The summed E-state index contributed by atoms with van der Waals surface area (Å²) in [5.74, 6) is -0.316. The van der Waals surface area contributed by atoms with Gasteiger partial charge in [0.15, 0.2) is 0 Å². The summed E-state index contributed by atoms with van der Waals surface area (Å²) in [4.78, 5) is 14.9. The number of hydrogen-bond acceptors (Lipinski definition) is 4. The van der Waals surface area contributed by atoms with Gasteiger partial charge in [0.2, 0.25) is 0 Å². The van der Waals surface area contributed by atoms with Gasteiger partial charge in [-0.2, -0.15) is 0 Å². The van der Waals surface area contributed by atoms with E-state index in [1.807, 2.05) is 37.3 Å². The lowest BCUT2D eigenvalue weighted by molar-refractivity contribution is -0.0289. The molecule has 34 heavy (non-hydrogen) atoms. The van der Waals surface area contributed by atoms with Crippen molar-refractivity contribution in [1.29, 1.82) is 0 Å². The first-order valence-corrected chi connectivity index (χ1v) is 13.8. The van der Waals surface area contributed by atoms with Gasteiger partial charge in [0.05, 0.1) is 17.1 Å². The Morgan fingerprint density at radius 1 is 1.06 bits per heavy atom. The number of amides is 1. The van der Waals surface area contributed by atoms with Gasteiger partial charge in [-0.25, -0.2) is 8.42 Å². The van der Waals surface area contributed by atoms with E-state index in [9.17, 15) is 18.3 Å². The molecule has 1 aliphatic rings. The zero-order chi connectivity index (χ0) is 24.5. The number of anilines is 1. The minimum Gasteiger partial charge on any atom is -0.383 e. The second kappa shape index (κ2) is 9.81. The molecule has 1 heterocycles. The molecule has 3 aromatic rings. The van der Waals surface area contributed by atoms with Crippen LogP contribution in [0.5, 0.6) is 0 Å². The number of nitrogens with one attached hydrogen (secondary N) is 1. The normalized spacial score (nSPS) is 18.5. The number of sulfonamides is 1. The Morgan fingerprint density at radius 2 is 1.79 bits per heavy atom. The van der Waals surface area contributed by atoms with Crippen molar-refractivity contribution in [3.8, 4) is 0 Å². The number of hydrogen-bond donors (Lipinski definition) is 2. The van der Waals surface area contributed by atoms with Crippen LogP contribution in [0.1, 0.15) is 34.3 Å². The number of benzene rings is 3. The fourth-order valence-corrected chi connectivity index (χ4v) is 5.96. The highest BCUT2D eigenvalue weighted by Gasteiger charge is 2.37. The van der Waals surface area contributed by atoms with Crippen LogP contribution in [0, 0.1) is 6.92 Å². The van der Waals surface area contributed by atoms with E-state index in [1.54, 1.807) is 29.2 Å². The lowest BCUT2D eigenvalue weighted by atomic mass is 9.85. The molecule has 0 bridgehead atoms. The maximum atomic E-state index is 13.3. The summed E-state index contributed by atoms with van der Waals surface area (Å²) in [6.07, 6.45) is 1.18. The van der Waals surface area contributed by atoms with Gasteiger partial charge in [-0.3, -0.25) is 9.52 Å². The first-order chi connectivity index (χ1) is 16.1. The lowest BCUT2D eigenvalue weighted by Gasteiger charge is -2.39. The van der Waals surface area contributed by atoms with E-state index >= 15 is 0 Å². The average Bonchev–Trinajstić information content (AvgIpc) is 2.81. The fourth-order valence-electron chi connectivity index (χ4n) is 4.11. The van der Waals surface area contributed by atoms with Gasteiger partial charge in [0.25, 0.3) is 15.9 Å². The number of carbonyl (C=O) groups excluding carboxylic acids is 1. The SMILES string of the molecule is Cc1ccc(Br)c(NS(=O)(=O)c2cccc(C(=O)N3CCCC(O)(c4ccc(Br)cc4)C3)c2)c1. The molecule has 0 aliphatic carbocycles.